The monoisotopic (exact) mass is 285 g/mol. The number of benzene rings is 1. The van der Waals surface area contributed by atoms with E-state index >= 15 is 0 Å². The van der Waals surface area contributed by atoms with Crippen LogP contribution in [-0.2, 0) is 12.6 Å². The molecule has 0 aliphatic heterocycles. The molecule has 1 aliphatic rings. The second-order valence-electron chi connectivity index (χ2n) is 6.55. The third-order valence-corrected chi connectivity index (χ3v) is 4.61. The Morgan fingerprint density at radius 3 is 2.30 bits per heavy atom. The third kappa shape index (κ3) is 3.35. The summed E-state index contributed by atoms with van der Waals surface area (Å²) in [7, 11) is 0. The molecule has 0 radical (unpaired) electrons. The van der Waals surface area contributed by atoms with Gasteiger partial charge in [-0.1, -0.05) is 32.4 Å². The van der Waals surface area contributed by atoms with Crippen LogP contribution in [0, 0.1) is 11.3 Å². The lowest BCUT2D eigenvalue weighted by molar-refractivity contribution is -0.137. The van der Waals surface area contributed by atoms with Gasteiger partial charge in [0, 0.05) is 6.04 Å². The highest BCUT2D eigenvalue weighted by Crippen LogP contribution is 2.44. The van der Waals surface area contributed by atoms with Gasteiger partial charge in [0.1, 0.15) is 0 Å². The minimum Gasteiger partial charge on any atom is -0.327 e. The van der Waals surface area contributed by atoms with Crippen LogP contribution in [0.15, 0.2) is 24.3 Å². The summed E-state index contributed by atoms with van der Waals surface area (Å²) in [6.45, 7) is 4.47. The Kier molecular flexibility index (Phi) is 4.14. The Labute approximate surface area is 118 Å². The topological polar surface area (TPSA) is 26.0 Å². The van der Waals surface area contributed by atoms with E-state index in [1.807, 2.05) is 0 Å². The zero-order chi connectivity index (χ0) is 15.0. The fourth-order valence-electron chi connectivity index (χ4n) is 3.39. The summed E-state index contributed by atoms with van der Waals surface area (Å²) >= 11 is 0. The van der Waals surface area contributed by atoms with Crippen LogP contribution in [0.25, 0.3) is 0 Å². The number of rotatable bonds is 3. The molecule has 112 valence electrons. The standard InChI is InChI=1S/C16H22F3N/c1-15(2)9-3-4-13(15)14(20)10-11-5-7-12(8-6-11)16(17,18)19/h5-8,13-14H,3-4,9-10,20H2,1-2H3. The molecule has 0 aromatic heterocycles. The molecule has 2 N–H and O–H groups in total. The molecular formula is C16H22F3N. The number of halogens is 3. The maximum Gasteiger partial charge on any atom is 0.416 e. The molecule has 2 rings (SSSR count). The highest BCUT2D eigenvalue weighted by molar-refractivity contribution is 5.25. The van der Waals surface area contributed by atoms with Crippen molar-refractivity contribution in [1.29, 1.82) is 0 Å². The Hall–Kier alpha value is -1.03. The molecule has 1 fully saturated rings. The Balaban J connectivity index is 2.03. The van der Waals surface area contributed by atoms with Crippen LogP contribution < -0.4 is 5.73 Å². The van der Waals surface area contributed by atoms with Crippen molar-refractivity contribution < 1.29 is 13.2 Å². The molecule has 1 aromatic carbocycles. The van der Waals surface area contributed by atoms with Crippen molar-refractivity contribution in [3.05, 3.63) is 35.4 Å². The summed E-state index contributed by atoms with van der Waals surface area (Å²) in [5.74, 6) is 0.449. The smallest absolute Gasteiger partial charge is 0.327 e. The van der Waals surface area contributed by atoms with E-state index < -0.39 is 11.7 Å². The van der Waals surface area contributed by atoms with Crippen molar-refractivity contribution in [1.82, 2.24) is 0 Å². The average Bonchev–Trinajstić information content (AvgIpc) is 2.68. The zero-order valence-electron chi connectivity index (χ0n) is 12.0. The summed E-state index contributed by atoms with van der Waals surface area (Å²) in [4.78, 5) is 0. The van der Waals surface area contributed by atoms with Gasteiger partial charge in [-0.3, -0.25) is 0 Å². The van der Waals surface area contributed by atoms with Crippen molar-refractivity contribution >= 4 is 0 Å². The summed E-state index contributed by atoms with van der Waals surface area (Å²) in [6, 6.07) is 5.39. The van der Waals surface area contributed by atoms with Gasteiger partial charge >= 0.3 is 6.18 Å². The summed E-state index contributed by atoms with van der Waals surface area (Å²) in [5, 5.41) is 0. The van der Waals surface area contributed by atoms with Crippen LogP contribution in [0.5, 0.6) is 0 Å². The molecule has 2 atom stereocenters. The first-order valence-corrected chi connectivity index (χ1v) is 7.12. The second kappa shape index (κ2) is 5.40. The number of hydrogen-bond acceptors (Lipinski definition) is 1. The van der Waals surface area contributed by atoms with E-state index in [0.29, 0.717) is 12.3 Å². The van der Waals surface area contributed by atoms with Gasteiger partial charge in [0.2, 0.25) is 0 Å². The van der Waals surface area contributed by atoms with E-state index in [2.05, 4.69) is 13.8 Å². The molecule has 1 nitrogen and oxygen atoms in total. The predicted octanol–water partition coefficient (Wildman–Crippen LogP) is 4.40. The fraction of sp³-hybridized carbons (Fsp3) is 0.625. The summed E-state index contributed by atoms with van der Waals surface area (Å²) < 4.78 is 37.5. The Morgan fingerprint density at radius 2 is 1.85 bits per heavy atom. The van der Waals surface area contributed by atoms with E-state index in [0.717, 1.165) is 24.1 Å². The molecule has 0 saturated heterocycles. The summed E-state index contributed by atoms with van der Waals surface area (Å²) in [5.41, 5.74) is 6.81. The molecule has 1 aliphatic carbocycles. The third-order valence-electron chi connectivity index (χ3n) is 4.61. The van der Waals surface area contributed by atoms with Gasteiger partial charge in [-0.15, -0.1) is 0 Å². The van der Waals surface area contributed by atoms with Gasteiger partial charge in [0.05, 0.1) is 5.56 Å². The predicted molar refractivity (Wildman–Crippen MR) is 74.2 cm³/mol. The van der Waals surface area contributed by atoms with Gasteiger partial charge in [0.25, 0.3) is 0 Å². The minimum absolute atomic E-state index is 0.0178. The lowest BCUT2D eigenvalue weighted by atomic mass is 9.76. The minimum atomic E-state index is -4.27. The Morgan fingerprint density at radius 1 is 1.25 bits per heavy atom. The van der Waals surface area contributed by atoms with Crippen molar-refractivity contribution in [2.24, 2.45) is 17.1 Å². The van der Waals surface area contributed by atoms with Crippen molar-refractivity contribution in [3.8, 4) is 0 Å². The van der Waals surface area contributed by atoms with Crippen LogP contribution in [0.1, 0.15) is 44.2 Å². The van der Waals surface area contributed by atoms with Gasteiger partial charge < -0.3 is 5.73 Å². The highest BCUT2D eigenvalue weighted by atomic mass is 19.4. The van der Waals surface area contributed by atoms with E-state index in [1.54, 1.807) is 12.1 Å². The molecule has 1 aromatic rings. The quantitative estimate of drug-likeness (QED) is 0.875. The number of hydrogen-bond donors (Lipinski definition) is 1. The molecule has 20 heavy (non-hydrogen) atoms. The van der Waals surface area contributed by atoms with Gasteiger partial charge in [-0.2, -0.15) is 13.2 Å². The molecule has 0 bridgehead atoms. The lowest BCUT2D eigenvalue weighted by Gasteiger charge is -2.32. The molecule has 4 heteroatoms. The van der Waals surface area contributed by atoms with E-state index in [1.165, 1.54) is 12.8 Å². The van der Waals surface area contributed by atoms with Crippen LogP contribution in [0.2, 0.25) is 0 Å². The molecule has 0 spiro atoms. The first-order valence-electron chi connectivity index (χ1n) is 7.12. The zero-order valence-corrected chi connectivity index (χ0v) is 12.0. The van der Waals surface area contributed by atoms with Crippen molar-refractivity contribution in [2.75, 3.05) is 0 Å². The number of alkyl halides is 3. The van der Waals surface area contributed by atoms with Crippen LogP contribution in [0.3, 0.4) is 0 Å². The maximum absolute atomic E-state index is 12.5. The SMILES string of the molecule is CC1(C)CCCC1C(N)Cc1ccc(C(F)(F)F)cc1. The van der Waals surface area contributed by atoms with Crippen LogP contribution >= 0.6 is 0 Å². The Bertz CT molecular complexity index is 448. The number of nitrogens with two attached hydrogens (primary N) is 1. The fourth-order valence-corrected chi connectivity index (χ4v) is 3.39. The van der Waals surface area contributed by atoms with Gasteiger partial charge in [0.15, 0.2) is 0 Å². The normalized spacial score (nSPS) is 23.8. The maximum atomic E-state index is 12.5. The average molecular weight is 285 g/mol. The summed E-state index contributed by atoms with van der Waals surface area (Å²) in [6.07, 6.45) is -0.133. The largest absolute Gasteiger partial charge is 0.416 e. The first-order chi connectivity index (χ1) is 9.20. The highest BCUT2D eigenvalue weighted by Gasteiger charge is 2.38. The van der Waals surface area contributed by atoms with Crippen molar-refractivity contribution in [3.63, 3.8) is 0 Å². The molecule has 2 unspecified atom stereocenters. The molecule has 0 heterocycles. The molecule has 1 saturated carbocycles. The molecule has 0 amide bonds. The lowest BCUT2D eigenvalue weighted by Crippen LogP contribution is -2.38. The molecular weight excluding hydrogens is 263 g/mol. The van der Waals surface area contributed by atoms with Crippen LogP contribution in [-0.4, -0.2) is 6.04 Å². The van der Waals surface area contributed by atoms with E-state index in [-0.39, 0.29) is 11.5 Å². The second-order valence-corrected chi connectivity index (χ2v) is 6.55. The van der Waals surface area contributed by atoms with Crippen LogP contribution in [0.4, 0.5) is 13.2 Å². The van der Waals surface area contributed by atoms with Gasteiger partial charge in [-0.05, 0) is 48.3 Å². The van der Waals surface area contributed by atoms with Crippen molar-refractivity contribution in [2.45, 2.75) is 51.7 Å². The van der Waals surface area contributed by atoms with E-state index in [4.69, 9.17) is 5.73 Å². The van der Waals surface area contributed by atoms with Gasteiger partial charge in [-0.25, -0.2) is 0 Å². The first kappa shape index (κ1) is 15.4. The van der Waals surface area contributed by atoms with E-state index in [9.17, 15) is 13.2 Å².